The molecule has 2 fully saturated rings. The molecule has 0 bridgehead atoms. The van der Waals surface area contributed by atoms with Gasteiger partial charge in [0.15, 0.2) is 0 Å². The van der Waals surface area contributed by atoms with Crippen LogP contribution in [-0.2, 0) is 13.1 Å². The third-order valence-electron chi connectivity index (χ3n) is 5.56. The molecule has 0 radical (unpaired) electrons. The molecule has 2 aliphatic heterocycles. The zero-order chi connectivity index (χ0) is 17.1. The number of hydrogen-bond donors (Lipinski definition) is 1. The van der Waals surface area contributed by atoms with Crippen molar-refractivity contribution in [2.24, 2.45) is 0 Å². The van der Waals surface area contributed by atoms with E-state index in [1.165, 1.54) is 36.8 Å². The van der Waals surface area contributed by atoms with E-state index >= 15 is 0 Å². The smallest absolute Gasteiger partial charge is 0.124 e. The third kappa shape index (κ3) is 3.88. The van der Waals surface area contributed by atoms with Crippen molar-refractivity contribution in [3.63, 3.8) is 0 Å². The minimum atomic E-state index is 0.512. The number of aromatic hydroxyl groups is 1. The Balaban J connectivity index is 1.68. The lowest BCUT2D eigenvalue weighted by molar-refractivity contribution is 0.312. The Kier molecular flexibility index (Phi) is 5.04. The van der Waals surface area contributed by atoms with Crippen molar-refractivity contribution in [3.8, 4) is 16.9 Å². The highest BCUT2D eigenvalue weighted by molar-refractivity contribution is 5.67. The molecule has 0 amide bonds. The van der Waals surface area contributed by atoms with E-state index in [1.54, 1.807) is 0 Å². The van der Waals surface area contributed by atoms with Crippen molar-refractivity contribution in [2.75, 3.05) is 26.2 Å². The van der Waals surface area contributed by atoms with E-state index in [0.717, 1.165) is 50.4 Å². The molecule has 1 N–H and O–H groups in total. The van der Waals surface area contributed by atoms with Gasteiger partial charge in [-0.3, -0.25) is 9.80 Å². The Morgan fingerprint density at radius 2 is 1.16 bits per heavy atom. The van der Waals surface area contributed by atoms with Crippen LogP contribution in [0.15, 0.2) is 42.5 Å². The van der Waals surface area contributed by atoms with Crippen molar-refractivity contribution in [3.05, 3.63) is 53.6 Å². The Bertz CT molecular complexity index is 662. The van der Waals surface area contributed by atoms with Gasteiger partial charge < -0.3 is 5.11 Å². The minimum absolute atomic E-state index is 0.512. The second-order valence-electron chi connectivity index (χ2n) is 7.48. The predicted molar refractivity (Wildman–Crippen MR) is 103 cm³/mol. The normalized spacial score (nSPS) is 18.9. The monoisotopic (exact) mass is 336 g/mol. The Morgan fingerprint density at radius 1 is 0.680 bits per heavy atom. The molecule has 3 heteroatoms. The van der Waals surface area contributed by atoms with Crippen molar-refractivity contribution in [1.82, 2.24) is 9.80 Å². The standard InChI is InChI=1S/C22H28N2O/c25-22-20(16-23-10-4-5-11-23)14-19(18-8-2-1-3-9-18)15-21(22)17-24-12-6-7-13-24/h1-3,8-9,14-15,25H,4-7,10-13,16-17H2. The Hall–Kier alpha value is -1.84. The van der Waals surface area contributed by atoms with Crippen molar-refractivity contribution < 1.29 is 5.11 Å². The van der Waals surface area contributed by atoms with Gasteiger partial charge in [0, 0.05) is 24.2 Å². The fourth-order valence-corrected chi connectivity index (χ4v) is 4.16. The highest BCUT2D eigenvalue weighted by atomic mass is 16.3. The largest absolute Gasteiger partial charge is 0.507 e. The second-order valence-corrected chi connectivity index (χ2v) is 7.48. The molecule has 0 atom stereocenters. The van der Waals surface area contributed by atoms with Gasteiger partial charge in [0.1, 0.15) is 5.75 Å². The maximum atomic E-state index is 10.9. The number of likely N-dealkylation sites (tertiary alicyclic amines) is 2. The van der Waals surface area contributed by atoms with Crippen LogP contribution in [0.25, 0.3) is 11.1 Å². The van der Waals surface area contributed by atoms with Gasteiger partial charge >= 0.3 is 0 Å². The number of phenolic OH excluding ortho intramolecular Hbond substituents is 1. The maximum Gasteiger partial charge on any atom is 0.124 e. The average Bonchev–Trinajstić information content (AvgIpc) is 3.33. The summed E-state index contributed by atoms with van der Waals surface area (Å²) >= 11 is 0. The number of hydrogen-bond acceptors (Lipinski definition) is 3. The average molecular weight is 336 g/mol. The minimum Gasteiger partial charge on any atom is -0.507 e. The van der Waals surface area contributed by atoms with Gasteiger partial charge in [0.05, 0.1) is 0 Å². The lowest BCUT2D eigenvalue weighted by atomic mass is 9.98. The van der Waals surface area contributed by atoms with Crippen molar-refractivity contribution in [1.29, 1.82) is 0 Å². The molecule has 0 saturated carbocycles. The first kappa shape index (κ1) is 16.6. The Labute approximate surface area is 150 Å². The fourth-order valence-electron chi connectivity index (χ4n) is 4.16. The molecule has 2 aliphatic rings. The van der Waals surface area contributed by atoms with Crippen molar-refractivity contribution >= 4 is 0 Å². The first-order valence-corrected chi connectivity index (χ1v) is 9.64. The number of nitrogens with zero attached hydrogens (tertiary/aromatic N) is 2. The van der Waals surface area contributed by atoms with Crippen LogP contribution in [0.4, 0.5) is 0 Å². The summed E-state index contributed by atoms with van der Waals surface area (Å²) in [5, 5.41) is 10.9. The molecule has 4 rings (SSSR count). The third-order valence-corrected chi connectivity index (χ3v) is 5.56. The van der Waals surface area contributed by atoms with Crippen molar-refractivity contribution in [2.45, 2.75) is 38.8 Å². The fraction of sp³-hybridized carbons (Fsp3) is 0.455. The molecule has 2 aromatic carbocycles. The van der Waals surface area contributed by atoms with Gasteiger partial charge in [-0.15, -0.1) is 0 Å². The molecule has 0 unspecified atom stereocenters. The summed E-state index contributed by atoms with van der Waals surface area (Å²) in [7, 11) is 0. The van der Waals surface area contributed by atoms with E-state index < -0.39 is 0 Å². The quantitative estimate of drug-likeness (QED) is 0.884. The van der Waals surface area contributed by atoms with E-state index in [-0.39, 0.29) is 0 Å². The summed E-state index contributed by atoms with van der Waals surface area (Å²) in [6.45, 7) is 6.32. The molecular formula is C22H28N2O. The molecule has 3 nitrogen and oxygen atoms in total. The van der Waals surface area contributed by atoms with Crippen LogP contribution in [0.5, 0.6) is 5.75 Å². The van der Waals surface area contributed by atoms with Gasteiger partial charge in [0.2, 0.25) is 0 Å². The van der Waals surface area contributed by atoms with E-state index in [2.05, 4.69) is 52.3 Å². The Morgan fingerprint density at radius 3 is 1.64 bits per heavy atom. The molecule has 0 spiro atoms. The summed E-state index contributed by atoms with van der Waals surface area (Å²) in [5.74, 6) is 0.512. The van der Waals surface area contributed by atoms with Crippen LogP contribution in [-0.4, -0.2) is 41.1 Å². The zero-order valence-electron chi connectivity index (χ0n) is 15.0. The number of rotatable bonds is 5. The summed E-state index contributed by atoms with van der Waals surface area (Å²) in [5.41, 5.74) is 4.62. The first-order chi connectivity index (χ1) is 12.3. The summed E-state index contributed by atoms with van der Waals surface area (Å²) in [6, 6.07) is 14.9. The molecule has 0 aromatic heterocycles. The predicted octanol–water partition coefficient (Wildman–Crippen LogP) is 4.25. The topological polar surface area (TPSA) is 26.7 Å². The van der Waals surface area contributed by atoms with Crippen LogP contribution < -0.4 is 0 Å². The van der Waals surface area contributed by atoms with E-state index in [4.69, 9.17) is 0 Å². The van der Waals surface area contributed by atoms with E-state index in [9.17, 15) is 5.11 Å². The van der Waals surface area contributed by atoms with Crippen LogP contribution in [0.2, 0.25) is 0 Å². The highest BCUT2D eigenvalue weighted by Gasteiger charge is 2.19. The van der Waals surface area contributed by atoms with Gasteiger partial charge in [-0.2, -0.15) is 0 Å². The maximum absolute atomic E-state index is 10.9. The van der Waals surface area contributed by atoms with E-state index in [1.807, 2.05) is 0 Å². The molecule has 2 aromatic rings. The lowest BCUT2D eigenvalue weighted by Gasteiger charge is -2.21. The van der Waals surface area contributed by atoms with Crippen LogP contribution in [0.1, 0.15) is 36.8 Å². The molecule has 0 aliphatic carbocycles. The van der Waals surface area contributed by atoms with Gasteiger partial charge in [-0.1, -0.05) is 30.3 Å². The van der Waals surface area contributed by atoms with Gasteiger partial charge in [-0.05, 0) is 75.1 Å². The number of phenols is 1. The summed E-state index contributed by atoms with van der Waals surface area (Å²) in [4.78, 5) is 4.92. The molecular weight excluding hydrogens is 308 g/mol. The van der Waals surface area contributed by atoms with Crippen LogP contribution in [0, 0.1) is 0 Å². The molecule has 25 heavy (non-hydrogen) atoms. The van der Waals surface area contributed by atoms with Gasteiger partial charge in [0.25, 0.3) is 0 Å². The molecule has 2 saturated heterocycles. The molecule has 132 valence electrons. The van der Waals surface area contributed by atoms with Crippen LogP contribution >= 0.6 is 0 Å². The zero-order valence-corrected chi connectivity index (χ0v) is 15.0. The lowest BCUT2D eigenvalue weighted by Crippen LogP contribution is -2.20. The summed E-state index contributed by atoms with van der Waals surface area (Å²) in [6.07, 6.45) is 5.11. The second kappa shape index (κ2) is 7.59. The SMILES string of the molecule is Oc1c(CN2CCCC2)cc(-c2ccccc2)cc1CN1CCCC1. The van der Waals surface area contributed by atoms with Gasteiger partial charge in [-0.25, -0.2) is 0 Å². The highest BCUT2D eigenvalue weighted by Crippen LogP contribution is 2.33. The van der Waals surface area contributed by atoms with Crippen LogP contribution in [0.3, 0.4) is 0 Å². The van der Waals surface area contributed by atoms with E-state index in [0.29, 0.717) is 5.75 Å². The molecule has 2 heterocycles. The summed E-state index contributed by atoms with van der Waals surface area (Å²) < 4.78 is 0. The number of benzene rings is 2. The first-order valence-electron chi connectivity index (χ1n) is 9.64.